The molecule has 4 aromatic heterocycles. The van der Waals surface area contributed by atoms with E-state index in [0.29, 0.717) is 0 Å². The van der Waals surface area contributed by atoms with Crippen molar-refractivity contribution in [3.05, 3.63) is 170 Å². The quantitative estimate of drug-likeness (QED) is 0.182. The van der Waals surface area contributed by atoms with Crippen molar-refractivity contribution >= 4 is 97.1 Å². The Morgan fingerprint density at radius 3 is 1.56 bits per heavy atom. The predicted molar refractivity (Wildman–Crippen MR) is 221 cm³/mol. The number of fused-ring (bicyclic) bond motifs is 12. The van der Waals surface area contributed by atoms with E-state index in [1.54, 1.807) is 0 Å². The molecule has 3 nitrogen and oxygen atoms in total. The van der Waals surface area contributed by atoms with Crippen LogP contribution in [0.15, 0.2) is 174 Å². The second-order valence-electron chi connectivity index (χ2n) is 13.7. The molecule has 0 bridgehead atoms. The number of benzene rings is 8. The van der Waals surface area contributed by atoms with Crippen LogP contribution in [0.2, 0.25) is 0 Å². The molecule has 0 unspecified atom stereocenters. The molecule has 4 heterocycles. The fourth-order valence-electron chi connectivity index (χ4n) is 8.57. The average Bonchev–Trinajstić information content (AvgIpc) is 3.94. The van der Waals surface area contributed by atoms with Gasteiger partial charge in [0.25, 0.3) is 0 Å². The summed E-state index contributed by atoms with van der Waals surface area (Å²) >= 11 is 1.86. The van der Waals surface area contributed by atoms with Gasteiger partial charge in [0.05, 0.1) is 22.1 Å². The third kappa shape index (κ3) is 3.90. The van der Waals surface area contributed by atoms with Gasteiger partial charge in [-0.05, 0) is 90.0 Å². The summed E-state index contributed by atoms with van der Waals surface area (Å²) in [7, 11) is 0. The number of aromatic nitrogens is 2. The van der Waals surface area contributed by atoms with Crippen molar-refractivity contribution < 1.29 is 4.42 Å². The van der Waals surface area contributed by atoms with Crippen LogP contribution >= 0.6 is 11.3 Å². The molecular formula is C48H28N2OS. The van der Waals surface area contributed by atoms with Crippen LogP contribution in [0.5, 0.6) is 0 Å². The van der Waals surface area contributed by atoms with E-state index in [-0.39, 0.29) is 0 Å². The van der Waals surface area contributed by atoms with Gasteiger partial charge in [-0.1, -0.05) is 84.9 Å². The molecule has 0 aliphatic carbocycles. The normalized spacial score (nSPS) is 12.2. The number of hydrogen-bond donors (Lipinski definition) is 0. The standard InChI is InChI=1S/C48H28N2OS/c1-5-13-41-33(9-1)38-25-29(17-22-43(38)49(41)31-20-24-48-40(27-31)37-12-4-8-16-47(37)52-48)30-18-23-44-39(26-30)34-10-2-6-14-42(34)50(44)32-19-21-36-35-11-3-7-15-45(35)51-46(36)28-32/h1-28H. The van der Waals surface area contributed by atoms with E-state index in [0.717, 1.165) is 27.6 Å². The van der Waals surface area contributed by atoms with Gasteiger partial charge >= 0.3 is 0 Å². The van der Waals surface area contributed by atoms with E-state index in [1.165, 1.54) is 80.6 Å². The van der Waals surface area contributed by atoms with Gasteiger partial charge in [-0.25, -0.2) is 0 Å². The number of nitrogens with zero attached hydrogens (tertiary/aromatic N) is 2. The number of thiophene rings is 1. The van der Waals surface area contributed by atoms with Crippen LogP contribution in [0.3, 0.4) is 0 Å². The van der Waals surface area contributed by atoms with Crippen molar-refractivity contribution in [3.8, 4) is 22.5 Å². The molecule has 0 aliphatic heterocycles. The van der Waals surface area contributed by atoms with Crippen molar-refractivity contribution in [2.24, 2.45) is 0 Å². The summed E-state index contributed by atoms with van der Waals surface area (Å²) < 4.78 is 13.7. The fourth-order valence-corrected chi connectivity index (χ4v) is 9.65. The highest BCUT2D eigenvalue weighted by molar-refractivity contribution is 7.25. The SMILES string of the molecule is c1ccc2c(c1)oc1cc(-n3c4ccccc4c4cc(-c5ccc6c(c5)c5ccccc5n6-c5ccc6sc7ccccc7c6c5)ccc43)ccc12. The molecule has 0 N–H and O–H groups in total. The minimum Gasteiger partial charge on any atom is -0.456 e. The zero-order valence-corrected chi connectivity index (χ0v) is 28.7. The molecule has 8 aromatic carbocycles. The fraction of sp³-hybridized carbons (Fsp3) is 0. The molecule has 0 spiro atoms. The summed E-state index contributed by atoms with van der Waals surface area (Å²) in [5.74, 6) is 0. The first kappa shape index (κ1) is 28.1. The number of rotatable bonds is 3. The van der Waals surface area contributed by atoms with Crippen LogP contribution in [-0.2, 0) is 0 Å². The highest BCUT2D eigenvalue weighted by Gasteiger charge is 2.18. The van der Waals surface area contributed by atoms with Gasteiger partial charge < -0.3 is 13.6 Å². The summed E-state index contributed by atoms with van der Waals surface area (Å²) in [4.78, 5) is 0. The third-order valence-electron chi connectivity index (χ3n) is 10.9. The summed E-state index contributed by atoms with van der Waals surface area (Å²) in [6.07, 6.45) is 0. The molecule has 12 aromatic rings. The maximum absolute atomic E-state index is 6.31. The Kier molecular flexibility index (Phi) is 5.65. The monoisotopic (exact) mass is 680 g/mol. The van der Waals surface area contributed by atoms with E-state index in [2.05, 4.69) is 167 Å². The van der Waals surface area contributed by atoms with E-state index in [1.807, 2.05) is 23.5 Å². The van der Waals surface area contributed by atoms with E-state index in [9.17, 15) is 0 Å². The van der Waals surface area contributed by atoms with Crippen molar-refractivity contribution in [1.29, 1.82) is 0 Å². The molecule has 0 saturated carbocycles. The number of hydrogen-bond acceptors (Lipinski definition) is 2. The van der Waals surface area contributed by atoms with Gasteiger partial charge in [-0.2, -0.15) is 0 Å². The summed E-state index contributed by atoms with van der Waals surface area (Å²) in [5.41, 5.74) is 11.3. The first-order valence-corrected chi connectivity index (χ1v) is 18.5. The number of furan rings is 1. The van der Waals surface area contributed by atoms with Gasteiger partial charge in [0.1, 0.15) is 11.2 Å². The largest absolute Gasteiger partial charge is 0.456 e. The minimum atomic E-state index is 0.900. The Balaban J connectivity index is 1.03. The first-order valence-electron chi connectivity index (χ1n) is 17.7. The molecule has 0 radical (unpaired) electrons. The smallest absolute Gasteiger partial charge is 0.137 e. The van der Waals surface area contributed by atoms with Crippen molar-refractivity contribution in [1.82, 2.24) is 9.13 Å². The van der Waals surface area contributed by atoms with Crippen LogP contribution in [0.1, 0.15) is 0 Å². The summed E-state index contributed by atoms with van der Waals surface area (Å²) in [5, 5.41) is 9.89. The molecule has 0 saturated heterocycles. The summed E-state index contributed by atoms with van der Waals surface area (Å²) in [6.45, 7) is 0. The lowest BCUT2D eigenvalue weighted by atomic mass is 10.0. The topological polar surface area (TPSA) is 23.0 Å². The Bertz CT molecular complexity index is 3430. The predicted octanol–water partition coefficient (Wildman–Crippen LogP) is 13.8. The molecule has 12 rings (SSSR count). The van der Waals surface area contributed by atoms with Crippen LogP contribution in [-0.4, -0.2) is 9.13 Å². The second kappa shape index (κ2) is 10.5. The van der Waals surface area contributed by atoms with Crippen LogP contribution < -0.4 is 0 Å². The molecule has 242 valence electrons. The maximum Gasteiger partial charge on any atom is 0.137 e. The zero-order valence-electron chi connectivity index (χ0n) is 27.9. The van der Waals surface area contributed by atoms with Crippen LogP contribution in [0.4, 0.5) is 0 Å². The van der Waals surface area contributed by atoms with Crippen molar-refractivity contribution in [2.45, 2.75) is 0 Å². The van der Waals surface area contributed by atoms with Crippen LogP contribution in [0.25, 0.3) is 108 Å². The highest BCUT2D eigenvalue weighted by atomic mass is 32.1. The average molecular weight is 681 g/mol. The molecule has 52 heavy (non-hydrogen) atoms. The lowest BCUT2D eigenvalue weighted by Gasteiger charge is -2.10. The van der Waals surface area contributed by atoms with Gasteiger partial charge in [0.15, 0.2) is 0 Å². The highest BCUT2D eigenvalue weighted by Crippen LogP contribution is 2.41. The molecule has 4 heteroatoms. The number of para-hydroxylation sites is 3. The Hall–Kier alpha value is -6.62. The lowest BCUT2D eigenvalue weighted by Crippen LogP contribution is -1.93. The van der Waals surface area contributed by atoms with E-state index in [4.69, 9.17) is 4.42 Å². The first-order chi connectivity index (χ1) is 25.8. The van der Waals surface area contributed by atoms with E-state index >= 15 is 0 Å². The Morgan fingerprint density at radius 2 is 0.846 bits per heavy atom. The van der Waals surface area contributed by atoms with Crippen molar-refractivity contribution in [2.75, 3.05) is 0 Å². The zero-order chi connectivity index (χ0) is 33.9. The Morgan fingerprint density at radius 1 is 0.327 bits per heavy atom. The molecule has 0 fully saturated rings. The van der Waals surface area contributed by atoms with Gasteiger partial charge in [-0.3, -0.25) is 0 Å². The molecule has 0 atom stereocenters. The minimum absolute atomic E-state index is 0.900. The van der Waals surface area contributed by atoms with Crippen LogP contribution in [0, 0.1) is 0 Å². The molecular weight excluding hydrogens is 653 g/mol. The molecule has 0 amide bonds. The van der Waals surface area contributed by atoms with Gasteiger partial charge in [0, 0.05) is 69.9 Å². The van der Waals surface area contributed by atoms with Gasteiger partial charge in [0.2, 0.25) is 0 Å². The molecule has 0 aliphatic rings. The second-order valence-corrected chi connectivity index (χ2v) is 14.8. The maximum atomic E-state index is 6.31. The van der Waals surface area contributed by atoms with Gasteiger partial charge in [-0.15, -0.1) is 11.3 Å². The van der Waals surface area contributed by atoms with Crippen molar-refractivity contribution in [3.63, 3.8) is 0 Å². The van der Waals surface area contributed by atoms with E-state index < -0.39 is 0 Å². The summed E-state index contributed by atoms with van der Waals surface area (Å²) in [6, 6.07) is 61.9. The third-order valence-corrected chi connectivity index (χ3v) is 12.1. The lowest BCUT2D eigenvalue weighted by molar-refractivity contribution is 0.668. The Labute approximate surface area is 301 Å².